The minimum Gasteiger partial charge on any atom is -0.469 e. The van der Waals surface area contributed by atoms with Crippen LogP contribution in [-0.2, 0) is 11.2 Å². The molecule has 1 aliphatic heterocycles. The summed E-state index contributed by atoms with van der Waals surface area (Å²) in [4.78, 5) is 13.6. The first kappa shape index (κ1) is 12.7. The van der Waals surface area contributed by atoms with E-state index in [9.17, 15) is 4.79 Å². The minimum atomic E-state index is 0.307. The Bertz CT molecular complexity index is 455. The third-order valence-corrected chi connectivity index (χ3v) is 4.20. The molecule has 1 fully saturated rings. The smallest absolute Gasteiger partial charge is 0.222 e. The summed E-state index contributed by atoms with van der Waals surface area (Å²) in [6, 6.07) is 2.79. The first-order valence-corrected chi connectivity index (χ1v) is 7.34. The van der Waals surface area contributed by atoms with Gasteiger partial charge in [0.15, 0.2) is 0 Å². The van der Waals surface area contributed by atoms with Gasteiger partial charge < -0.3 is 14.6 Å². The van der Waals surface area contributed by atoms with Gasteiger partial charge in [-0.2, -0.15) is 0 Å². The van der Waals surface area contributed by atoms with E-state index >= 15 is 0 Å². The average Bonchev–Trinajstić information content (AvgIpc) is 3.00. The zero-order valence-electron chi connectivity index (χ0n) is 11.5. The van der Waals surface area contributed by atoms with E-state index in [1.165, 1.54) is 12.0 Å². The van der Waals surface area contributed by atoms with Crippen molar-refractivity contribution in [3.8, 4) is 0 Å². The maximum atomic E-state index is 11.6. The lowest BCUT2D eigenvalue weighted by atomic mass is 9.93. The monoisotopic (exact) mass is 262 g/mol. The lowest BCUT2D eigenvalue weighted by molar-refractivity contribution is -0.128. The van der Waals surface area contributed by atoms with Crippen LogP contribution in [0.4, 0.5) is 0 Å². The molecule has 1 saturated heterocycles. The molecule has 0 saturated carbocycles. The quantitative estimate of drug-likeness (QED) is 0.905. The molecule has 2 atom stereocenters. The van der Waals surface area contributed by atoms with E-state index in [1.807, 2.05) is 4.90 Å². The number of furan rings is 1. The molecule has 19 heavy (non-hydrogen) atoms. The second kappa shape index (κ2) is 5.37. The van der Waals surface area contributed by atoms with Crippen molar-refractivity contribution in [3.05, 3.63) is 23.7 Å². The molecule has 2 aliphatic rings. The van der Waals surface area contributed by atoms with Crippen LogP contribution in [0.15, 0.2) is 16.7 Å². The molecule has 0 radical (unpaired) electrons. The van der Waals surface area contributed by atoms with Gasteiger partial charge in [-0.05, 0) is 32.3 Å². The summed E-state index contributed by atoms with van der Waals surface area (Å²) in [5, 5.41) is 3.65. The number of carbonyl (C=O) groups is 1. The van der Waals surface area contributed by atoms with Gasteiger partial charge in [-0.1, -0.05) is 0 Å². The Hall–Kier alpha value is -1.29. The second-order valence-corrected chi connectivity index (χ2v) is 5.75. The molecule has 3 rings (SSSR count). The van der Waals surface area contributed by atoms with E-state index in [0.29, 0.717) is 18.0 Å². The van der Waals surface area contributed by atoms with Gasteiger partial charge in [0.2, 0.25) is 5.91 Å². The third-order valence-electron chi connectivity index (χ3n) is 4.20. The average molecular weight is 262 g/mol. The summed E-state index contributed by atoms with van der Waals surface area (Å²) >= 11 is 0. The van der Waals surface area contributed by atoms with Gasteiger partial charge in [-0.25, -0.2) is 0 Å². The van der Waals surface area contributed by atoms with Crippen LogP contribution in [0, 0.1) is 0 Å². The zero-order chi connectivity index (χ0) is 13.2. The Kier molecular flexibility index (Phi) is 3.60. The largest absolute Gasteiger partial charge is 0.469 e. The maximum Gasteiger partial charge on any atom is 0.222 e. The van der Waals surface area contributed by atoms with Crippen molar-refractivity contribution in [1.82, 2.24) is 10.2 Å². The summed E-state index contributed by atoms with van der Waals surface area (Å²) < 4.78 is 5.51. The van der Waals surface area contributed by atoms with E-state index in [4.69, 9.17) is 4.42 Å². The Morgan fingerprint density at radius 1 is 1.47 bits per heavy atom. The number of fused-ring (bicyclic) bond motifs is 1. The van der Waals surface area contributed by atoms with Gasteiger partial charge in [-0.15, -0.1) is 0 Å². The van der Waals surface area contributed by atoms with Crippen LogP contribution in [0.1, 0.15) is 50.0 Å². The molecule has 0 spiro atoms. The van der Waals surface area contributed by atoms with Crippen molar-refractivity contribution in [2.75, 3.05) is 13.1 Å². The third kappa shape index (κ3) is 2.68. The SMILES string of the molecule is CC(CN1CCCC1=O)NC1CCCc2occc21. The minimum absolute atomic E-state index is 0.307. The van der Waals surface area contributed by atoms with Gasteiger partial charge in [-0.3, -0.25) is 4.79 Å². The van der Waals surface area contributed by atoms with Crippen molar-refractivity contribution >= 4 is 5.91 Å². The number of hydrogen-bond acceptors (Lipinski definition) is 3. The highest BCUT2D eigenvalue weighted by atomic mass is 16.3. The van der Waals surface area contributed by atoms with Crippen LogP contribution in [0.25, 0.3) is 0 Å². The fourth-order valence-electron chi connectivity index (χ4n) is 3.28. The van der Waals surface area contributed by atoms with Crippen LogP contribution in [-0.4, -0.2) is 29.9 Å². The highest BCUT2D eigenvalue weighted by Crippen LogP contribution is 2.30. The summed E-state index contributed by atoms with van der Waals surface area (Å²) in [6.45, 7) is 3.91. The molecule has 0 aromatic carbocycles. The molecular weight excluding hydrogens is 240 g/mol. The number of carbonyl (C=O) groups excluding carboxylic acids is 1. The molecule has 1 aromatic rings. The Balaban J connectivity index is 1.58. The van der Waals surface area contributed by atoms with Crippen molar-refractivity contribution in [2.24, 2.45) is 0 Å². The molecule has 1 amide bonds. The van der Waals surface area contributed by atoms with E-state index in [1.54, 1.807) is 6.26 Å². The zero-order valence-corrected chi connectivity index (χ0v) is 11.5. The molecule has 1 aliphatic carbocycles. The van der Waals surface area contributed by atoms with Crippen LogP contribution in [0.5, 0.6) is 0 Å². The molecule has 1 aromatic heterocycles. The van der Waals surface area contributed by atoms with Crippen molar-refractivity contribution in [3.63, 3.8) is 0 Å². The first-order valence-electron chi connectivity index (χ1n) is 7.34. The standard InChI is InChI=1S/C15H22N2O2/c1-11(10-17-8-3-6-15(17)18)16-13-4-2-5-14-12(13)7-9-19-14/h7,9,11,13,16H,2-6,8,10H2,1H3. The molecule has 4 heteroatoms. The predicted molar refractivity (Wildman–Crippen MR) is 72.8 cm³/mol. The lowest BCUT2D eigenvalue weighted by Crippen LogP contribution is -2.41. The molecule has 2 unspecified atom stereocenters. The number of likely N-dealkylation sites (tertiary alicyclic amines) is 1. The predicted octanol–water partition coefficient (Wildman–Crippen LogP) is 2.26. The number of nitrogens with one attached hydrogen (secondary N) is 1. The number of aryl methyl sites for hydroxylation is 1. The summed E-state index contributed by atoms with van der Waals surface area (Å²) in [7, 11) is 0. The number of amides is 1. The van der Waals surface area contributed by atoms with Gasteiger partial charge in [0, 0.05) is 43.6 Å². The molecule has 1 N–H and O–H groups in total. The normalized spacial score (nSPS) is 24.6. The topological polar surface area (TPSA) is 45.5 Å². The van der Waals surface area contributed by atoms with Crippen LogP contribution in [0.2, 0.25) is 0 Å². The van der Waals surface area contributed by atoms with Gasteiger partial charge in [0.25, 0.3) is 0 Å². The Morgan fingerprint density at radius 2 is 2.37 bits per heavy atom. The maximum absolute atomic E-state index is 11.6. The summed E-state index contributed by atoms with van der Waals surface area (Å²) in [5.41, 5.74) is 1.31. The highest BCUT2D eigenvalue weighted by molar-refractivity contribution is 5.78. The van der Waals surface area contributed by atoms with Crippen molar-refractivity contribution < 1.29 is 9.21 Å². The molecule has 104 valence electrons. The molecular formula is C15H22N2O2. The molecule has 4 nitrogen and oxygen atoms in total. The summed E-state index contributed by atoms with van der Waals surface area (Å²) in [5.74, 6) is 1.44. The van der Waals surface area contributed by atoms with Crippen molar-refractivity contribution in [2.45, 2.75) is 51.1 Å². The number of nitrogens with zero attached hydrogens (tertiary/aromatic N) is 1. The number of hydrogen-bond donors (Lipinski definition) is 1. The molecule has 2 heterocycles. The van der Waals surface area contributed by atoms with E-state index in [2.05, 4.69) is 18.3 Å². The van der Waals surface area contributed by atoms with Crippen LogP contribution in [0.3, 0.4) is 0 Å². The van der Waals surface area contributed by atoms with Crippen LogP contribution >= 0.6 is 0 Å². The Morgan fingerprint density at radius 3 is 3.16 bits per heavy atom. The van der Waals surface area contributed by atoms with E-state index in [0.717, 1.165) is 44.5 Å². The Labute approximate surface area is 114 Å². The van der Waals surface area contributed by atoms with Gasteiger partial charge in [0.05, 0.1) is 6.26 Å². The fourth-order valence-corrected chi connectivity index (χ4v) is 3.28. The number of rotatable bonds is 4. The lowest BCUT2D eigenvalue weighted by Gasteiger charge is -2.28. The fraction of sp³-hybridized carbons (Fsp3) is 0.667. The first-order chi connectivity index (χ1) is 9.24. The highest BCUT2D eigenvalue weighted by Gasteiger charge is 2.26. The van der Waals surface area contributed by atoms with Gasteiger partial charge >= 0.3 is 0 Å². The van der Waals surface area contributed by atoms with E-state index in [-0.39, 0.29) is 0 Å². The molecule has 0 bridgehead atoms. The second-order valence-electron chi connectivity index (χ2n) is 5.75. The summed E-state index contributed by atoms with van der Waals surface area (Å²) in [6.07, 6.45) is 6.92. The van der Waals surface area contributed by atoms with Crippen LogP contribution < -0.4 is 5.32 Å². The van der Waals surface area contributed by atoms with E-state index < -0.39 is 0 Å². The van der Waals surface area contributed by atoms with Gasteiger partial charge in [0.1, 0.15) is 5.76 Å². The van der Waals surface area contributed by atoms with Crippen molar-refractivity contribution in [1.29, 1.82) is 0 Å².